The van der Waals surface area contributed by atoms with Crippen LogP contribution in [0.3, 0.4) is 0 Å². The molecule has 6 N–H and O–H groups in total. The molecular formula is C30H40N6O2S. The molecule has 208 valence electrons. The van der Waals surface area contributed by atoms with Crippen LogP contribution in [0, 0.1) is 5.41 Å². The van der Waals surface area contributed by atoms with Crippen LogP contribution in [-0.2, 0) is 4.79 Å². The van der Waals surface area contributed by atoms with Crippen LogP contribution in [0.4, 0.5) is 17.1 Å². The summed E-state index contributed by atoms with van der Waals surface area (Å²) in [6.07, 6.45) is 5.46. The first-order valence-corrected chi connectivity index (χ1v) is 14.5. The molecule has 2 aliphatic heterocycles. The normalized spacial score (nSPS) is 17.2. The summed E-state index contributed by atoms with van der Waals surface area (Å²) < 4.78 is 6.05. The van der Waals surface area contributed by atoms with Crippen LogP contribution in [0.15, 0.2) is 53.2 Å². The number of anilines is 3. The lowest BCUT2D eigenvalue weighted by molar-refractivity contribution is -0.105. The number of hydrogen-bond acceptors (Lipinski definition) is 8. The van der Waals surface area contributed by atoms with Gasteiger partial charge in [-0.05, 0) is 112 Å². The van der Waals surface area contributed by atoms with E-state index in [2.05, 4.69) is 45.9 Å². The summed E-state index contributed by atoms with van der Waals surface area (Å²) in [7, 11) is 2.11. The minimum Gasteiger partial charge on any atom is -0.488 e. The van der Waals surface area contributed by atoms with Crippen molar-refractivity contribution in [2.45, 2.75) is 44.8 Å². The fraction of sp³-hybridized carbons (Fsp3) is 0.400. The summed E-state index contributed by atoms with van der Waals surface area (Å²) in [5.74, 6) is 0.644. The van der Waals surface area contributed by atoms with Gasteiger partial charge in [-0.3, -0.25) is 15.1 Å². The van der Waals surface area contributed by atoms with Gasteiger partial charge in [-0.2, -0.15) is 11.3 Å². The SMILES string of the molecule is CC(c1ccsc1)N1CCCC1.CN1CCC(Oc2ccc(C(=N)c3cc(NC=O)ccc3N)cc2N)CC1. The highest BCUT2D eigenvalue weighted by molar-refractivity contribution is 7.08. The van der Waals surface area contributed by atoms with Gasteiger partial charge in [0.05, 0.1) is 11.4 Å². The molecule has 3 heterocycles. The van der Waals surface area contributed by atoms with Gasteiger partial charge in [0, 0.05) is 41.6 Å². The maximum absolute atomic E-state index is 10.6. The van der Waals surface area contributed by atoms with Gasteiger partial charge in [0.2, 0.25) is 6.41 Å². The van der Waals surface area contributed by atoms with E-state index in [9.17, 15) is 4.79 Å². The topological polar surface area (TPSA) is 121 Å². The summed E-state index contributed by atoms with van der Waals surface area (Å²) in [6.45, 7) is 6.91. The fourth-order valence-electron chi connectivity index (χ4n) is 5.03. The van der Waals surface area contributed by atoms with Gasteiger partial charge in [0.15, 0.2) is 0 Å². The third kappa shape index (κ3) is 7.59. The van der Waals surface area contributed by atoms with E-state index < -0.39 is 0 Å². The maximum Gasteiger partial charge on any atom is 0.211 e. The van der Waals surface area contributed by atoms with Crippen molar-refractivity contribution < 1.29 is 9.53 Å². The highest BCUT2D eigenvalue weighted by atomic mass is 32.1. The number of ether oxygens (including phenoxy) is 1. The van der Waals surface area contributed by atoms with Crippen LogP contribution in [0.5, 0.6) is 5.75 Å². The largest absolute Gasteiger partial charge is 0.488 e. The van der Waals surface area contributed by atoms with Crippen molar-refractivity contribution in [3.63, 3.8) is 0 Å². The van der Waals surface area contributed by atoms with Crippen LogP contribution in [0.25, 0.3) is 0 Å². The third-order valence-corrected chi connectivity index (χ3v) is 8.22. The van der Waals surface area contributed by atoms with E-state index in [4.69, 9.17) is 21.6 Å². The zero-order chi connectivity index (χ0) is 27.8. The number of amides is 1. The smallest absolute Gasteiger partial charge is 0.211 e. The first-order chi connectivity index (χ1) is 18.9. The summed E-state index contributed by atoms with van der Waals surface area (Å²) in [5.41, 5.74) is 16.6. The van der Waals surface area contributed by atoms with Gasteiger partial charge >= 0.3 is 0 Å². The van der Waals surface area contributed by atoms with Crippen molar-refractivity contribution >= 4 is 40.5 Å². The van der Waals surface area contributed by atoms with Crippen molar-refractivity contribution in [3.05, 3.63) is 69.9 Å². The standard InChI is InChI=1S/C20H25N5O2.C10H15NS/c1-25-8-6-15(7-9-25)27-19-5-2-13(10-18(19)22)20(23)16-11-14(24-12-26)3-4-17(16)21;1-9(10-4-7-12-8-10)11-5-2-3-6-11/h2-5,10-12,15,23H,6-9,21-22H2,1H3,(H,24,26);4,7-9H,2-3,5-6H2,1H3. The van der Waals surface area contributed by atoms with Crippen LogP contribution in [0.1, 0.15) is 55.3 Å². The summed E-state index contributed by atoms with van der Waals surface area (Å²) >= 11 is 1.80. The van der Waals surface area contributed by atoms with E-state index in [1.54, 1.807) is 41.7 Å². The second-order valence-electron chi connectivity index (χ2n) is 10.3. The number of likely N-dealkylation sites (tertiary alicyclic amines) is 2. The minimum absolute atomic E-state index is 0.163. The van der Waals surface area contributed by atoms with Crippen molar-refractivity contribution in [2.24, 2.45) is 0 Å². The number of nitrogens with one attached hydrogen (secondary N) is 2. The Kier molecular flexibility index (Phi) is 9.97. The Morgan fingerprint density at radius 2 is 1.82 bits per heavy atom. The molecule has 9 heteroatoms. The second-order valence-corrected chi connectivity index (χ2v) is 11.1. The van der Waals surface area contributed by atoms with E-state index in [1.165, 1.54) is 31.5 Å². The molecule has 8 nitrogen and oxygen atoms in total. The molecule has 0 aliphatic carbocycles. The number of nitrogens with two attached hydrogens (primary N) is 2. The number of nitrogen functional groups attached to an aromatic ring is 2. The number of nitrogens with zero attached hydrogens (tertiary/aromatic N) is 2. The molecule has 39 heavy (non-hydrogen) atoms. The average Bonchev–Trinajstić information content (AvgIpc) is 3.67. The van der Waals surface area contributed by atoms with Crippen LogP contribution in [-0.4, -0.2) is 61.3 Å². The van der Waals surface area contributed by atoms with E-state index in [0.29, 0.717) is 46.4 Å². The average molecular weight is 549 g/mol. The predicted octanol–water partition coefficient (Wildman–Crippen LogP) is 5.21. The van der Waals surface area contributed by atoms with Crippen LogP contribution in [0.2, 0.25) is 0 Å². The van der Waals surface area contributed by atoms with E-state index in [1.807, 2.05) is 6.07 Å². The number of benzene rings is 2. The zero-order valence-electron chi connectivity index (χ0n) is 22.9. The van der Waals surface area contributed by atoms with Crippen molar-refractivity contribution in [1.82, 2.24) is 9.80 Å². The molecule has 1 atom stereocenters. The molecule has 1 aromatic heterocycles. The Morgan fingerprint density at radius 1 is 1.08 bits per heavy atom. The molecule has 0 saturated carbocycles. The molecule has 2 saturated heterocycles. The maximum atomic E-state index is 10.6. The molecule has 0 radical (unpaired) electrons. The van der Waals surface area contributed by atoms with Gasteiger partial charge in [-0.25, -0.2) is 0 Å². The highest BCUT2D eigenvalue weighted by Crippen LogP contribution is 2.29. The summed E-state index contributed by atoms with van der Waals surface area (Å²) in [6, 6.07) is 13.2. The quantitative estimate of drug-likeness (QED) is 0.174. The number of hydrogen-bond donors (Lipinski definition) is 4. The lowest BCUT2D eigenvalue weighted by Gasteiger charge is -2.29. The first-order valence-electron chi connectivity index (χ1n) is 13.6. The Morgan fingerprint density at radius 3 is 2.46 bits per heavy atom. The lowest BCUT2D eigenvalue weighted by atomic mass is 9.99. The minimum atomic E-state index is 0.163. The number of piperidine rings is 1. The molecule has 0 bridgehead atoms. The number of carbonyl (C=O) groups is 1. The molecular weight excluding hydrogens is 508 g/mol. The fourth-order valence-corrected chi connectivity index (χ4v) is 5.78. The van der Waals surface area contributed by atoms with Crippen LogP contribution < -0.4 is 21.5 Å². The first kappa shape index (κ1) is 28.6. The summed E-state index contributed by atoms with van der Waals surface area (Å²) in [4.78, 5) is 15.5. The molecule has 2 aromatic carbocycles. The Balaban J connectivity index is 0.000000243. The molecule has 2 fully saturated rings. The molecule has 1 unspecified atom stereocenters. The third-order valence-electron chi connectivity index (χ3n) is 7.52. The molecule has 2 aliphatic rings. The number of carbonyl (C=O) groups excluding carboxylic acids is 1. The van der Waals surface area contributed by atoms with Gasteiger partial charge in [0.25, 0.3) is 0 Å². The Bertz CT molecular complexity index is 1230. The van der Waals surface area contributed by atoms with Crippen molar-refractivity contribution in [2.75, 3.05) is 50.0 Å². The van der Waals surface area contributed by atoms with Gasteiger partial charge < -0.3 is 26.4 Å². The van der Waals surface area contributed by atoms with Crippen LogP contribution >= 0.6 is 11.3 Å². The van der Waals surface area contributed by atoms with Gasteiger partial charge in [0.1, 0.15) is 11.9 Å². The summed E-state index contributed by atoms with van der Waals surface area (Å²) in [5, 5.41) is 15.5. The number of thiophene rings is 1. The Hall–Kier alpha value is -3.40. The second kappa shape index (κ2) is 13.6. The molecule has 3 aromatic rings. The Labute approximate surface area is 235 Å². The van der Waals surface area contributed by atoms with E-state index >= 15 is 0 Å². The predicted molar refractivity (Wildman–Crippen MR) is 162 cm³/mol. The lowest BCUT2D eigenvalue weighted by Crippen LogP contribution is -2.35. The molecule has 1 amide bonds. The molecule has 5 rings (SSSR count). The number of rotatable bonds is 8. The van der Waals surface area contributed by atoms with E-state index in [0.717, 1.165) is 25.9 Å². The van der Waals surface area contributed by atoms with Gasteiger partial charge in [-0.1, -0.05) is 0 Å². The zero-order valence-corrected chi connectivity index (χ0v) is 23.7. The van der Waals surface area contributed by atoms with Crippen molar-refractivity contribution in [1.29, 1.82) is 5.41 Å². The monoisotopic (exact) mass is 548 g/mol. The molecule has 0 spiro atoms. The highest BCUT2D eigenvalue weighted by Gasteiger charge is 2.20. The van der Waals surface area contributed by atoms with Crippen molar-refractivity contribution in [3.8, 4) is 5.75 Å². The van der Waals surface area contributed by atoms with E-state index in [-0.39, 0.29) is 11.8 Å². The van der Waals surface area contributed by atoms with Gasteiger partial charge in [-0.15, -0.1) is 0 Å².